The predicted molar refractivity (Wildman–Crippen MR) is 111 cm³/mol. The number of nitro benzene ring substituents is 1. The van der Waals surface area contributed by atoms with Gasteiger partial charge in [0.25, 0.3) is 5.69 Å². The monoisotopic (exact) mass is 412 g/mol. The highest BCUT2D eigenvalue weighted by Gasteiger charge is 2.11. The minimum atomic E-state index is -0.486. The molecule has 0 saturated carbocycles. The molecule has 0 aliphatic heterocycles. The SMILES string of the molecule is Cc1ccc(CSc2nnc(NC(=O)/C=C\c3ccccc3[N+](=O)[O-])s2)cc1. The zero-order valence-electron chi connectivity index (χ0n) is 14.9. The van der Waals surface area contributed by atoms with Crippen molar-refractivity contribution >= 4 is 45.9 Å². The van der Waals surface area contributed by atoms with Crippen molar-refractivity contribution in [1.82, 2.24) is 10.2 Å². The first-order chi connectivity index (χ1) is 13.5. The van der Waals surface area contributed by atoms with Gasteiger partial charge >= 0.3 is 0 Å². The molecule has 7 nitrogen and oxygen atoms in total. The predicted octanol–water partition coefficient (Wildman–Crippen LogP) is 4.70. The number of thioether (sulfide) groups is 1. The van der Waals surface area contributed by atoms with Gasteiger partial charge in [-0.2, -0.15) is 0 Å². The van der Waals surface area contributed by atoms with Crippen LogP contribution in [0.15, 0.2) is 58.9 Å². The molecular formula is C19H16N4O3S2. The van der Waals surface area contributed by atoms with Crippen LogP contribution in [-0.2, 0) is 10.5 Å². The minimum Gasteiger partial charge on any atom is -0.297 e. The number of nitrogens with one attached hydrogen (secondary N) is 1. The smallest absolute Gasteiger partial charge is 0.276 e. The second-order valence-electron chi connectivity index (χ2n) is 5.79. The fourth-order valence-corrected chi connectivity index (χ4v) is 3.97. The van der Waals surface area contributed by atoms with Gasteiger partial charge in [0, 0.05) is 17.9 Å². The highest BCUT2D eigenvalue weighted by molar-refractivity contribution is 8.00. The number of anilines is 1. The van der Waals surface area contributed by atoms with Gasteiger partial charge in [-0.1, -0.05) is 65.1 Å². The van der Waals surface area contributed by atoms with E-state index < -0.39 is 10.8 Å². The number of carbonyl (C=O) groups excluding carboxylic acids is 1. The van der Waals surface area contributed by atoms with Crippen molar-refractivity contribution in [2.45, 2.75) is 17.0 Å². The van der Waals surface area contributed by atoms with Crippen molar-refractivity contribution in [3.05, 3.63) is 81.4 Å². The van der Waals surface area contributed by atoms with Gasteiger partial charge in [-0.3, -0.25) is 20.2 Å². The van der Waals surface area contributed by atoms with Crippen LogP contribution in [0, 0.1) is 17.0 Å². The molecule has 1 amide bonds. The molecule has 1 N–H and O–H groups in total. The Morgan fingerprint density at radius 2 is 1.96 bits per heavy atom. The molecule has 9 heteroatoms. The number of para-hydroxylation sites is 1. The third-order valence-corrected chi connectivity index (χ3v) is 5.71. The molecule has 0 bridgehead atoms. The van der Waals surface area contributed by atoms with Crippen LogP contribution in [0.3, 0.4) is 0 Å². The summed E-state index contributed by atoms with van der Waals surface area (Å²) in [5.41, 5.74) is 2.69. The lowest BCUT2D eigenvalue weighted by molar-refractivity contribution is -0.385. The molecule has 0 fully saturated rings. The molecule has 0 aliphatic carbocycles. The Hall–Kier alpha value is -3.04. The van der Waals surface area contributed by atoms with Crippen LogP contribution in [0.25, 0.3) is 6.08 Å². The maximum atomic E-state index is 12.1. The van der Waals surface area contributed by atoms with Crippen LogP contribution in [0.2, 0.25) is 0 Å². The molecular weight excluding hydrogens is 396 g/mol. The van der Waals surface area contributed by atoms with Gasteiger partial charge in [-0.25, -0.2) is 0 Å². The number of aromatic nitrogens is 2. The number of amides is 1. The third kappa shape index (κ3) is 5.48. The largest absolute Gasteiger partial charge is 0.297 e. The van der Waals surface area contributed by atoms with Crippen molar-refractivity contribution in [2.24, 2.45) is 0 Å². The van der Waals surface area contributed by atoms with Crippen molar-refractivity contribution in [3.8, 4) is 0 Å². The number of hydrogen-bond donors (Lipinski definition) is 1. The summed E-state index contributed by atoms with van der Waals surface area (Å²) in [5, 5.41) is 22.0. The summed E-state index contributed by atoms with van der Waals surface area (Å²) in [6.45, 7) is 2.04. The molecule has 0 aliphatic rings. The maximum Gasteiger partial charge on any atom is 0.276 e. The van der Waals surface area contributed by atoms with Crippen molar-refractivity contribution < 1.29 is 9.72 Å². The van der Waals surface area contributed by atoms with Crippen LogP contribution in [0.5, 0.6) is 0 Å². The Morgan fingerprint density at radius 1 is 1.21 bits per heavy atom. The molecule has 1 heterocycles. The number of rotatable bonds is 7. The van der Waals surface area contributed by atoms with Gasteiger partial charge < -0.3 is 0 Å². The Bertz CT molecular complexity index is 1020. The second kappa shape index (κ2) is 9.25. The summed E-state index contributed by atoms with van der Waals surface area (Å²) in [7, 11) is 0. The lowest BCUT2D eigenvalue weighted by atomic mass is 10.1. The van der Waals surface area contributed by atoms with E-state index in [4.69, 9.17) is 0 Å². The number of carbonyl (C=O) groups is 1. The van der Waals surface area contributed by atoms with Crippen LogP contribution in [-0.4, -0.2) is 21.0 Å². The molecule has 0 radical (unpaired) electrons. The fraction of sp³-hybridized carbons (Fsp3) is 0.105. The number of nitro groups is 1. The number of hydrogen-bond acceptors (Lipinski definition) is 7. The van der Waals surface area contributed by atoms with Crippen LogP contribution < -0.4 is 5.32 Å². The molecule has 2 aromatic carbocycles. The first-order valence-corrected chi connectivity index (χ1v) is 10.1. The van der Waals surface area contributed by atoms with Crippen LogP contribution in [0.1, 0.15) is 16.7 Å². The maximum absolute atomic E-state index is 12.1. The highest BCUT2D eigenvalue weighted by atomic mass is 32.2. The number of aryl methyl sites for hydroxylation is 1. The topological polar surface area (TPSA) is 98.0 Å². The highest BCUT2D eigenvalue weighted by Crippen LogP contribution is 2.28. The van der Waals surface area contributed by atoms with Crippen molar-refractivity contribution in [2.75, 3.05) is 5.32 Å². The Kier molecular flexibility index (Phi) is 6.51. The lowest BCUT2D eigenvalue weighted by Gasteiger charge is -1.99. The summed E-state index contributed by atoms with van der Waals surface area (Å²) in [5.74, 6) is 0.338. The molecule has 142 valence electrons. The molecule has 3 aromatic rings. The lowest BCUT2D eigenvalue weighted by Crippen LogP contribution is -2.07. The quantitative estimate of drug-likeness (QED) is 0.199. The number of nitrogens with zero attached hydrogens (tertiary/aromatic N) is 3. The first-order valence-electron chi connectivity index (χ1n) is 8.25. The summed E-state index contributed by atoms with van der Waals surface area (Å²) < 4.78 is 0.749. The standard InChI is InChI=1S/C19H16N4O3S2/c1-13-6-8-14(9-7-13)12-27-19-22-21-18(28-19)20-17(24)11-10-15-4-2-3-5-16(15)23(25)26/h2-11H,12H2,1H3,(H,20,21,24)/b11-10-. The molecule has 28 heavy (non-hydrogen) atoms. The van der Waals surface area contributed by atoms with E-state index in [1.165, 1.54) is 40.7 Å². The van der Waals surface area contributed by atoms with E-state index in [0.717, 1.165) is 10.1 Å². The van der Waals surface area contributed by atoms with Gasteiger partial charge in [0.15, 0.2) is 4.34 Å². The van der Waals surface area contributed by atoms with E-state index in [0.29, 0.717) is 10.7 Å². The molecule has 0 unspecified atom stereocenters. The molecule has 0 atom stereocenters. The van der Waals surface area contributed by atoms with Crippen molar-refractivity contribution in [1.29, 1.82) is 0 Å². The van der Waals surface area contributed by atoms with Gasteiger partial charge in [0.05, 0.1) is 10.5 Å². The van der Waals surface area contributed by atoms with E-state index in [1.807, 2.05) is 6.92 Å². The van der Waals surface area contributed by atoms with Crippen LogP contribution >= 0.6 is 23.1 Å². The average Bonchev–Trinajstić information content (AvgIpc) is 3.13. The summed E-state index contributed by atoms with van der Waals surface area (Å²) in [6, 6.07) is 14.5. The molecule has 3 rings (SSSR count). The van der Waals surface area contributed by atoms with E-state index in [2.05, 4.69) is 39.8 Å². The first kappa shape index (κ1) is 19.7. The zero-order chi connectivity index (χ0) is 19.9. The zero-order valence-corrected chi connectivity index (χ0v) is 16.5. The van der Waals surface area contributed by atoms with E-state index >= 15 is 0 Å². The second-order valence-corrected chi connectivity index (χ2v) is 7.99. The fourth-order valence-electron chi connectivity index (χ4n) is 2.26. The van der Waals surface area contributed by atoms with E-state index in [-0.39, 0.29) is 5.69 Å². The molecule has 1 aromatic heterocycles. The summed E-state index contributed by atoms with van der Waals surface area (Å²) >= 11 is 2.82. The third-order valence-electron chi connectivity index (χ3n) is 3.67. The van der Waals surface area contributed by atoms with E-state index in [1.54, 1.807) is 30.0 Å². The summed E-state index contributed by atoms with van der Waals surface area (Å²) in [6.07, 6.45) is 2.64. The Labute approximate surface area is 169 Å². The van der Waals surface area contributed by atoms with Gasteiger partial charge in [-0.05, 0) is 24.6 Å². The normalized spacial score (nSPS) is 10.9. The summed E-state index contributed by atoms with van der Waals surface area (Å²) in [4.78, 5) is 22.6. The average molecular weight is 412 g/mol. The van der Waals surface area contributed by atoms with Crippen molar-refractivity contribution in [3.63, 3.8) is 0 Å². The minimum absolute atomic E-state index is 0.0581. The van der Waals surface area contributed by atoms with Crippen LogP contribution in [0.4, 0.5) is 10.8 Å². The van der Waals surface area contributed by atoms with Gasteiger partial charge in [-0.15, -0.1) is 10.2 Å². The number of benzene rings is 2. The van der Waals surface area contributed by atoms with Gasteiger partial charge in [0.2, 0.25) is 11.0 Å². The van der Waals surface area contributed by atoms with E-state index in [9.17, 15) is 14.9 Å². The van der Waals surface area contributed by atoms with Gasteiger partial charge in [0.1, 0.15) is 0 Å². The molecule has 0 spiro atoms. The Balaban J connectivity index is 1.56. The Morgan fingerprint density at radius 3 is 2.71 bits per heavy atom. The molecule has 0 saturated heterocycles.